The predicted octanol–water partition coefficient (Wildman–Crippen LogP) is 1.39. The molecule has 0 spiro atoms. The second-order valence-corrected chi connectivity index (χ2v) is 4.65. The number of carbonyl (C=O) groups excluding carboxylic acids is 1. The first-order valence-electron chi connectivity index (χ1n) is 5.87. The van der Waals surface area contributed by atoms with E-state index in [1.165, 1.54) is 12.1 Å². The molecule has 0 bridgehead atoms. The van der Waals surface area contributed by atoms with Crippen molar-refractivity contribution >= 4 is 5.91 Å². The van der Waals surface area contributed by atoms with Gasteiger partial charge in [0.2, 0.25) is 5.91 Å². The molecule has 2 unspecified atom stereocenters. The molecule has 0 aromatic heterocycles. The highest BCUT2D eigenvalue weighted by Crippen LogP contribution is 2.47. The Labute approximate surface area is 100 Å². The topological polar surface area (TPSA) is 55.1 Å². The monoisotopic (exact) mass is 236 g/mol. The molecule has 1 aliphatic carbocycles. The van der Waals surface area contributed by atoms with Crippen LogP contribution in [0.2, 0.25) is 0 Å². The van der Waals surface area contributed by atoms with Crippen LogP contribution in [0.1, 0.15) is 24.8 Å². The van der Waals surface area contributed by atoms with E-state index >= 15 is 0 Å². The Balaban J connectivity index is 1.92. The van der Waals surface area contributed by atoms with Gasteiger partial charge in [0.15, 0.2) is 0 Å². The number of benzene rings is 1. The smallest absolute Gasteiger partial charge is 0.224 e. The minimum Gasteiger partial charge on any atom is -0.352 e. The summed E-state index contributed by atoms with van der Waals surface area (Å²) in [6.07, 6.45) is 0.842. The second-order valence-electron chi connectivity index (χ2n) is 4.65. The summed E-state index contributed by atoms with van der Waals surface area (Å²) in [5, 5.41) is 2.86. The zero-order valence-corrected chi connectivity index (χ0v) is 9.82. The third kappa shape index (κ3) is 2.82. The van der Waals surface area contributed by atoms with Gasteiger partial charge in [-0.15, -0.1) is 0 Å². The number of hydrogen-bond acceptors (Lipinski definition) is 2. The van der Waals surface area contributed by atoms with Gasteiger partial charge in [-0.2, -0.15) is 0 Å². The van der Waals surface area contributed by atoms with Crippen LogP contribution in [0.3, 0.4) is 0 Å². The lowest BCUT2D eigenvalue weighted by Crippen LogP contribution is -2.38. The van der Waals surface area contributed by atoms with E-state index < -0.39 is 0 Å². The van der Waals surface area contributed by atoms with E-state index in [1.807, 2.05) is 6.92 Å². The molecule has 1 aromatic carbocycles. The molecule has 3 atom stereocenters. The highest BCUT2D eigenvalue weighted by Gasteiger charge is 2.43. The Morgan fingerprint density at radius 3 is 2.76 bits per heavy atom. The highest BCUT2D eigenvalue weighted by atomic mass is 19.1. The Kier molecular flexibility index (Phi) is 3.43. The molecule has 0 radical (unpaired) electrons. The van der Waals surface area contributed by atoms with E-state index in [9.17, 15) is 9.18 Å². The van der Waals surface area contributed by atoms with Crippen molar-refractivity contribution in [3.8, 4) is 0 Å². The third-order valence-corrected chi connectivity index (χ3v) is 3.17. The molecule has 1 aromatic rings. The Bertz CT molecular complexity index is 404. The van der Waals surface area contributed by atoms with Gasteiger partial charge in [-0.25, -0.2) is 4.39 Å². The van der Waals surface area contributed by atoms with Crippen LogP contribution in [-0.2, 0) is 4.79 Å². The molecule has 3 N–H and O–H groups in total. The summed E-state index contributed by atoms with van der Waals surface area (Å²) in [7, 11) is 0. The maximum absolute atomic E-state index is 12.8. The van der Waals surface area contributed by atoms with Crippen LogP contribution in [-0.4, -0.2) is 18.5 Å². The van der Waals surface area contributed by atoms with Crippen LogP contribution in [0.25, 0.3) is 0 Å². The van der Waals surface area contributed by atoms with Gasteiger partial charge in [-0.05, 0) is 37.0 Å². The van der Waals surface area contributed by atoms with Crippen LogP contribution in [0.15, 0.2) is 24.3 Å². The molecule has 4 heteroatoms. The van der Waals surface area contributed by atoms with Gasteiger partial charge in [0.25, 0.3) is 0 Å². The average Bonchev–Trinajstić information content (AvgIpc) is 3.10. The van der Waals surface area contributed by atoms with Crippen molar-refractivity contribution in [3.63, 3.8) is 0 Å². The van der Waals surface area contributed by atoms with Gasteiger partial charge in [-0.3, -0.25) is 4.79 Å². The molecule has 1 aliphatic rings. The first kappa shape index (κ1) is 12.0. The number of amides is 1. The maximum Gasteiger partial charge on any atom is 0.224 e. The molecule has 2 rings (SSSR count). The molecule has 17 heavy (non-hydrogen) atoms. The summed E-state index contributed by atoms with van der Waals surface area (Å²) in [5.74, 6) is 0.0690. The lowest BCUT2D eigenvalue weighted by atomic mass is 10.1. The summed E-state index contributed by atoms with van der Waals surface area (Å²) < 4.78 is 12.8. The third-order valence-electron chi connectivity index (χ3n) is 3.17. The largest absolute Gasteiger partial charge is 0.352 e. The van der Waals surface area contributed by atoms with Gasteiger partial charge >= 0.3 is 0 Å². The number of rotatable bonds is 4. The van der Waals surface area contributed by atoms with Crippen molar-refractivity contribution in [3.05, 3.63) is 35.6 Å². The second kappa shape index (κ2) is 4.84. The normalized spacial score (nSPS) is 24.2. The standard InChI is InChI=1S/C13H17FN2O/c1-8(7-15)16-13(17)12-6-11(12)9-2-4-10(14)5-3-9/h2-5,8,11-12H,6-7,15H2,1H3,(H,16,17)/t8-,11?,12?/m0/s1. The molecule has 0 heterocycles. The fourth-order valence-electron chi connectivity index (χ4n) is 1.97. The van der Waals surface area contributed by atoms with E-state index in [0.29, 0.717) is 6.54 Å². The summed E-state index contributed by atoms with van der Waals surface area (Å²) in [4.78, 5) is 11.8. The molecule has 1 fully saturated rings. The lowest BCUT2D eigenvalue weighted by Gasteiger charge is -2.10. The lowest BCUT2D eigenvalue weighted by molar-refractivity contribution is -0.122. The van der Waals surface area contributed by atoms with Gasteiger partial charge in [-0.1, -0.05) is 12.1 Å². The number of carbonyl (C=O) groups is 1. The highest BCUT2D eigenvalue weighted by molar-refractivity contribution is 5.83. The summed E-state index contributed by atoms with van der Waals surface area (Å²) in [5.41, 5.74) is 6.48. The minimum atomic E-state index is -0.243. The zero-order chi connectivity index (χ0) is 12.4. The molecule has 1 saturated carbocycles. The number of nitrogens with one attached hydrogen (secondary N) is 1. The van der Waals surface area contributed by atoms with Crippen LogP contribution in [0, 0.1) is 11.7 Å². The van der Waals surface area contributed by atoms with Crippen LogP contribution < -0.4 is 11.1 Å². The van der Waals surface area contributed by atoms with Crippen molar-refractivity contribution < 1.29 is 9.18 Å². The Hall–Kier alpha value is -1.42. The molecular weight excluding hydrogens is 219 g/mol. The summed E-state index contributed by atoms with van der Waals surface area (Å²) >= 11 is 0. The van der Waals surface area contributed by atoms with E-state index in [0.717, 1.165) is 12.0 Å². The molecule has 1 amide bonds. The molecule has 0 aliphatic heterocycles. The minimum absolute atomic E-state index is 0.0111. The van der Waals surface area contributed by atoms with Crippen LogP contribution >= 0.6 is 0 Å². The average molecular weight is 236 g/mol. The Morgan fingerprint density at radius 1 is 1.53 bits per heavy atom. The van der Waals surface area contributed by atoms with Crippen LogP contribution in [0.4, 0.5) is 4.39 Å². The fourth-order valence-corrected chi connectivity index (χ4v) is 1.97. The van der Waals surface area contributed by atoms with Crippen molar-refractivity contribution in [1.82, 2.24) is 5.32 Å². The van der Waals surface area contributed by atoms with E-state index in [1.54, 1.807) is 12.1 Å². The number of halogens is 1. The fraction of sp³-hybridized carbons (Fsp3) is 0.462. The zero-order valence-electron chi connectivity index (χ0n) is 9.82. The SMILES string of the molecule is C[C@@H](CN)NC(=O)C1CC1c1ccc(F)cc1. The molecule has 0 saturated heterocycles. The first-order chi connectivity index (χ1) is 8.11. The van der Waals surface area contributed by atoms with Gasteiger partial charge in [0.1, 0.15) is 5.82 Å². The van der Waals surface area contributed by atoms with Crippen molar-refractivity contribution in [2.75, 3.05) is 6.54 Å². The van der Waals surface area contributed by atoms with Crippen molar-refractivity contribution in [2.45, 2.75) is 25.3 Å². The van der Waals surface area contributed by atoms with Crippen molar-refractivity contribution in [1.29, 1.82) is 0 Å². The molecular formula is C13H17FN2O. The summed E-state index contributed by atoms with van der Waals surface area (Å²) in [6, 6.07) is 6.38. The van der Waals surface area contributed by atoms with Gasteiger partial charge in [0, 0.05) is 18.5 Å². The van der Waals surface area contributed by atoms with Gasteiger partial charge < -0.3 is 11.1 Å². The van der Waals surface area contributed by atoms with Crippen LogP contribution in [0.5, 0.6) is 0 Å². The summed E-state index contributed by atoms with van der Waals surface area (Å²) in [6.45, 7) is 2.33. The molecule has 3 nitrogen and oxygen atoms in total. The quantitative estimate of drug-likeness (QED) is 0.830. The number of nitrogens with two attached hydrogens (primary N) is 1. The van der Waals surface area contributed by atoms with Crippen molar-refractivity contribution in [2.24, 2.45) is 11.7 Å². The Morgan fingerprint density at radius 2 is 2.18 bits per heavy atom. The molecule has 92 valence electrons. The van der Waals surface area contributed by atoms with E-state index in [-0.39, 0.29) is 29.6 Å². The van der Waals surface area contributed by atoms with Gasteiger partial charge in [0.05, 0.1) is 0 Å². The van der Waals surface area contributed by atoms with E-state index in [4.69, 9.17) is 5.73 Å². The predicted molar refractivity (Wildman–Crippen MR) is 63.9 cm³/mol. The van der Waals surface area contributed by atoms with E-state index in [2.05, 4.69) is 5.32 Å². The maximum atomic E-state index is 12.8. The first-order valence-corrected chi connectivity index (χ1v) is 5.87. The number of hydrogen-bond donors (Lipinski definition) is 2.